The molecule has 1 aromatic carbocycles. The summed E-state index contributed by atoms with van der Waals surface area (Å²) in [5.41, 5.74) is 1.17. The van der Waals surface area contributed by atoms with Gasteiger partial charge in [-0.1, -0.05) is 44.2 Å². The number of hydrogen-bond donors (Lipinski definition) is 1. The third-order valence-corrected chi connectivity index (χ3v) is 7.46. The lowest BCUT2D eigenvalue weighted by Gasteiger charge is -2.26. The van der Waals surface area contributed by atoms with Crippen molar-refractivity contribution in [1.82, 2.24) is 15.1 Å². The van der Waals surface area contributed by atoms with E-state index in [9.17, 15) is 9.59 Å². The van der Waals surface area contributed by atoms with Crippen LogP contribution < -0.4 is 5.32 Å². The molecule has 5 atom stereocenters. The summed E-state index contributed by atoms with van der Waals surface area (Å²) in [6, 6.07) is 10.3. The number of fused-ring (bicyclic) bond motifs is 1. The van der Waals surface area contributed by atoms with Gasteiger partial charge in [-0.3, -0.25) is 9.59 Å². The first-order chi connectivity index (χ1) is 15.0. The average Bonchev–Trinajstić information content (AvgIpc) is 3.52. The van der Waals surface area contributed by atoms with E-state index in [1.165, 1.54) is 5.56 Å². The SMILES string of the molecule is CC[C@H](C)C(=O)N1CC2CN(CCC(NC(=O)C3CCOC3)c3ccccc3)CC2C1. The van der Waals surface area contributed by atoms with Crippen LogP contribution in [-0.2, 0) is 14.3 Å². The van der Waals surface area contributed by atoms with Crippen molar-refractivity contribution >= 4 is 11.8 Å². The number of ether oxygens (including phenoxy) is 1. The monoisotopic (exact) mass is 427 g/mol. The van der Waals surface area contributed by atoms with E-state index in [2.05, 4.69) is 34.2 Å². The van der Waals surface area contributed by atoms with E-state index in [1.807, 2.05) is 25.1 Å². The lowest BCUT2D eigenvalue weighted by molar-refractivity contribution is -0.134. The number of carbonyl (C=O) groups is 2. The molecule has 3 aliphatic rings. The van der Waals surface area contributed by atoms with E-state index >= 15 is 0 Å². The molecule has 0 saturated carbocycles. The minimum Gasteiger partial charge on any atom is -0.381 e. The summed E-state index contributed by atoms with van der Waals surface area (Å²) >= 11 is 0. The van der Waals surface area contributed by atoms with Crippen molar-refractivity contribution in [1.29, 1.82) is 0 Å². The minimum absolute atomic E-state index is 0.0219. The van der Waals surface area contributed by atoms with Gasteiger partial charge in [0, 0.05) is 45.2 Å². The zero-order valence-electron chi connectivity index (χ0n) is 19.0. The number of nitrogens with one attached hydrogen (secondary N) is 1. The van der Waals surface area contributed by atoms with Crippen LogP contribution in [0.3, 0.4) is 0 Å². The van der Waals surface area contributed by atoms with E-state index in [1.54, 1.807) is 0 Å². The summed E-state index contributed by atoms with van der Waals surface area (Å²) in [5.74, 6) is 1.73. The fourth-order valence-corrected chi connectivity index (χ4v) is 5.29. The van der Waals surface area contributed by atoms with Crippen LogP contribution in [0.2, 0.25) is 0 Å². The third-order valence-electron chi connectivity index (χ3n) is 7.46. The zero-order valence-corrected chi connectivity index (χ0v) is 19.0. The third kappa shape index (κ3) is 5.29. The van der Waals surface area contributed by atoms with Crippen LogP contribution in [-0.4, -0.2) is 67.6 Å². The maximum atomic E-state index is 12.7. The fourth-order valence-electron chi connectivity index (χ4n) is 5.29. The fraction of sp³-hybridized carbons (Fsp3) is 0.680. The van der Waals surface area contributed by atoms with Crippen molar-refractivity contribution in [3.05, 3.63) is 35.9 Å². The van der Waals surface area contributed by atoms with E-state index in [0.29, 0.717) is 31.0 Å². The smallest absolute Gasteiger partial charge is 0.226 e. The molecule has 1 aromatic rings. The van der Waals surface area contributed by atoms with Crippen molar-refractivity contribution < 1.29 is 14.3 Å². The minimum atomic E-state index is -0.0219. The number of benzene rings is 1. The molecule has 3 heterocycles. The lowest BCUT2D eigenvalue weighted by atomic mass is 10.0. The summed E-state index contributed by atoms with van der Waals surface area (Å²) in [6.45, 7) is 10.2. The average molecular weight is 428 g/mol. The van der Waals surface area contributed by atoms with Gasteiger partial charge in [-0.2, -0.15) is 0 Å². The molecule has 31 heavy (non-hydrogen) atoms. The second-order valence-electron chi connectivity index (χ2n) is 9.65. The second kappa shape index (κ2) is 10.1. The van der Waals surface area contributed by atoms with Crippen LogP contribution in [0.5, 0.6) is 0 Å². The maximum Gasteiger partial charge on any atom is 0.226 e. The Labute approximate surface area is 186 Å². The van der Waals surface area contributed by atoms with Gasteiger partial charge in [0.2, 0.25) is 11.8 Å². The van der Waals surface area contributed by atoms with Gasteiger partial charge in [0.25, 0.3) is 0 Å². The number of carbonyl (C=O) groups excluding carboxylic acids is 2. The van der Waals surface area contributed by atoms with Crippen molar-refractivity contribution in [3.63, 3.8) is 0 Å². The van der Waals surface area contributed by atoms with Crippen molar-refractivity contribution in [3.8, 4) is 0 Å². The lowest BCUT2D eigenvalue weighted by Crippen LogP contribution is -2.38. The Morgan fingerprint density at radius 3 is 2.45 bits per heavy atom. The van der Waals surface area contributed by atoms with E-state index in [4.69, 9.17) is 4.74 Å². The summed E-state index contributed by atoms with van der Waals surface area (Å²) in [4.78, 5) is 29.9. The van der Waals surface area contributed by atoms with E-state index < -0.39 is 0 Å². The van der Waals surface area contributed by atoms with Gasteiger partial charge in [-0.05, 0) is 36.7 Å². The molecule has 0 aliphatic carbocycles. The highest BCUT2D eigenvalue weighted by molar-refractivity contribution is 5.79. The molecule has 6 heteroatoms. The van der Waals surface area contributed by atoms with Crippen LogP contribution in [0, 0.1) is 23.7 Å². The molecule has 170 valence electrons. The Bertz CT molecular complexity index is 736. The molecule has 0 spiro atoms. The number of hydrogen-bond acceptors (Lipinski definition) is 4. The van der Waals surface area contributed by atoms with Crippen LogP contribution in [0.15, 0.2) is 30.3 Å². The normalized spacial score (nSPS) is 27.8. The molecule has 6 nitrogen and oxygen atoms in total. The molecule has 4 unspecified atom stereocenters. The predicted molar refractivity (Wildman–Crippen MR) is 120 cm³/mol. The highest BCUT2D eigenvalue weighted by Gasteiger charge is 2.42. The molecule has 2 amide bonds. The van der Waals surface area contributed by atoms with Crippen molar-refractivity contribution in [2.75, 3.05) is 45.9 Å². The van der Waals surface area contributed by atoms with Gasteiger partial charge >= 0.3 is 0 Å². The van der Waals surface area contributed by atoms with Gasteiger partial charge < -0.3 is 19.9 Å². The molecular formula is C25H37N3O3. The van der Waals surface area contributed by atoms with Gasteiger partial charge in [0.15, 0.2) is 0 Å². The first-order valence-electron chi connectivity index (χ1n) is 12.0. The quantitative estimate of drug-likeness (QED) is 0.693. The summed E-state index contributed by atoms with van der Waals surface area (Å²) < 4.78 is 5.40. The molecular weight excluding hydrogens is 390 g/mol. The molecule has 3 saturated heterocycles. The molecule has 3 aliphatic heterocycles. The highest BCUT2D eigenvalue weighted by atomic mass is 16.5. The largest absolute Gasteiger partial charge is 0.381 e. The molecule has 3 fully saturated rings. The Balaban J connectivity index is 1.30. The highest BCUT2D eigenvalue weighted by Crippen LogP contribution is 2.32. The Hall–Kier alpha value is -1.92. The van der Waals surface area contributed by atoms with Gasteiger partial charge in [-0.25, -0.2) is 0 Å². The van der Waals surface area contributed by atoms with Crippen LogP contribution in [0.4, 0.5) is 0 Å². The molecule has 1 N–H and O–H groups in total. The molecule has 0 aromatic heterocycles. The molecule has 0 radical (unpaired) electrons. The summed E-state index contributed by atoms with van der Waals surface area (Å²) in [5, 5.41) is 3.29. The molecule has 4 rings (SSSR count). The second-order valence-corrected chi connectivity index (χ2v) is 9.65. The Morgan fingerprint density at radius 2 is 1.84 bits per heavy atom. The van der Waals surface area contributed by atoms with Crippen LogP contribution >= 0.6 is 0 Å². The summed E-state index contributed by atoms with van der Waals surface area (Å²) in [7, 11) is 0. The van der Waals surface area contributed by atoms with Gasteiger partial charge in [0.05, 0.1) is 18.6 Å². The van der Waals surface area contributed by atoms with E-state index in [-0.39, 0.29) is 23.8 Å². The number of likely N-dealkylation sites (tertiary alicyclic amines) is 2. The predicted octanol–water partition coefficient (Wildman–Crippen LogP) is 2.71. The van der Waals surface area contributed by atoms with Crippen molar-refractivity contribution in [2.45, 2.75) is 39.2 Å². The number of nitrogens with zero attached hydrogens (tertiary/aromatic N) is 2. The first-order valence-corrected chi connectivity index (χ1v) is 12.0. The Morgan fingerprint density at radius 1 is 1.13 bits per heavy atom. The first kappa shape index (κ1) is 22.3. The van der Waals surface area contributed by atoms with Crippen molar-refractivity contribution in [2.24, 2.45) is 23.7 Å². The maximum absolute atomic E-state index is 12.7. The number of amides is 2. The van der Waals surface area contributed by atoms with Gasteiger partial charge in [0.1, 0.15) is 0 Å². The van der Waals surface area contributed by atoms with Crippen LogP contribution in [0.1, 0.15) is 44.7 Å². The molecule has 0 bridgehead atoms. The summed E-state index contributed by atoms with van der Waals surface area (Å²) in [6.07, 6.45) is 2.63. The Kier molecular flexibility index (Phi) is 7.28. The topological polar surface area (TPSA) is 61.9 Å². The van der Waals surface area contributed by atoms with Crippen LogP contribution in [0.25, 0.3) is 0 Å². The number of rotatable bonds is 8. The zero-order chi connectivity index (χ0) is 21.8. The van der Waals surface area contributed by atoms with E-state index in [0.717, 1.165) is 52.0 Å². The standard InChI is InChI=1S/C25H37N3O3/c1-3-18(2)25(30)28-15-21-13-27(14-22(21)16-28)11-9-23(19-7-5-4-6-8-19)26-24(29)20-10-12-31-17-20/h4-8,18,20-23H,3,9-17H2,1-2H3,(H,26,29)/t18-,20?,21?,22?,23?/m0/s1. The van der Waals surface area contributed by atoms with Gasteiger partial charge in [-0.15, -0.1) is 0 Å².